The summed E-state index contributed by atoms with van der Waals surface area (Å²) in [7, 11) is 0. The summed E-state index contributed by atoms with van der Waals surface area (Å²) in [5.41, 5.74) is 1.48. The van der Waals surface area contributed by atoms with Crippen molar-refractivity contribution in [1.29, 1.82) is 0 Å². The first-order valence-electron chi connectivity index (χ1n) is 7.38. The van der Waals surface area contributed by atoms with E-state index in [1.165, 1.54) is 31.2 Å². The van der Waals surface area contributed by atoms with Gasteiger partial charge in [0.2, 0.25) is 0 Å². The van der Waals surface area contributed by atoms with Gasteiger partial charge in [-0.2, -0.15) is 0 Å². The summed E-state index contributed by atoms with van der Waals surface area (Å²) in [4.78, 5) is 0. The Morgan fingerprint density at radius 3 is 2.19 bits per heavy atom. The monoisotopic (exact) mass is 560 g/mol. The maximum Gasteiger partial charge on any atom is 0.267 e. The molecule has 0 heterocycles. The van der Waals surface area contributed by atoms with Crippen molar-refractivity contribution < 1.29 is 4.74 Å². The van der Waals surface area contributed by atoms with Crippen molar-refractivity contribution in [1.82, 2.24) is 0 Å². The van der Waals surface area contributed by atoms with Gasteiger partial charge in [-0.3, -0.25) is 0 Å². The topological polar surface area (TPSA) is 9.23 Å². The lowest BCUT2D eigenvalue weighted by Crippen LogP contribution is -2.21. The molecule has 0 unspecified atom stereocenters. The molecule has 6 heteroatoms. The third kappa shape index (κ3) is 7.17. The van der Waals surface area contributed by atoms with Crippen molar-refractivity contribution in [2.24, 2.45) is 0 Å². The fourth-order valence-electron chi connectivity index (χ4n) is 2.82. The molecule has 1 saturated carbocycles. The summed E-state index contributed by atoms with van der Waals surface area (Å²) in [6.45, 7) is 0.880. The van der Waals surface area contributed by atoms with Crippen LogP contribution in [0.1, 0.15) is 43.6 Å². The summed E-state index contributed by atoms with van der Waals surface area (Å²) in [6.07, 6.45) is 6.47. The fraction of sp³-hybridized carbons (Fsp3) is 0.600. The van der Waals surface area contributed by atoms with Gasteiger partial charge in [-0.15, -0.1) is 0 Å². The molecule has 0 N–H and O–H groups in total. The van der Waals surface area contributed by atoms with Crippen LogP contribution in [0.4, 0.5) is 0 Å². The molecule has 0 aliphatic heterocycles. The maximum absolute atomic E-state index is 6.03. The normalized spacial score (nSPS) is 23.2. The van der Waals surface area contributed by atoms with Crippen LogP contribution in [0.2, 0.25) is 6.04 Å². The molecule has 1 nitrogen and oxygen atoms in total. The molecule has 21 heavy (non-hydrogen) atoms. The van der Waals surface area contributed by atoms with Crippen molar-refractivity contribution in [2.45, 2.75) is 50.2 Å². The van der Waals surface area contributed by atoms with Crippen molar-refractivity contribution >= 4 is 65.7 Å². The molecule has 1 aliphatic rings. The zero-order valence-corrected chi connectivity index (χ0v) is 19.2. The average Bonchev–Trinajstić information content (AvgIpc) is 2.44. The Morgan fingerprint density at radius 1 is 1.00 bits per heavy atom. The van der Waals surface area contributed by atoms with Crippen LogP contribution in [0.25, 0.3) is 0 Å². The highest BCUT2D eigenvalue weighted by Crippen LogP contribution is 2.35. The Bertz CT molecular complexity index is 424. The van der Waals surface area contributed by atoms with Crippen molar-refractivity contribution in [2.75, 3.05) is 6.61 Å². The lowest BCUT2D eigenvalue weighted by Gasteiger charge is -2.29. The highest BCUT2D eigenvalue weighted by Gasteiger charge is 2.24. The van der Waals surface area contributed by atoms with Gasteiger partial charge in [-0.25, -0.2) is 0 Å². The molecule has 118 valence electrons. The van der Waals surface area contributed by atoms with Gasteiger partial charge >= 0.3 is 0 Å². The van der Waals surface area contributed by atoms with Crippen LogP contribution in [0.15, 0.2) is 28.7 Å². The van der Waals surface area contributed by atoms with Crippen molar-refractivity contribution in [3.05, 3.63) is 34.3 Å². The Morgan fingerprint density at radius 2 is 1.62 bits per heavy atom. The minimum absolute atomic E-state index is 0.466. The first-order chi connectivity index (χ1) is 9.94. The molecule has 1 aliphatic carbocycles. The molecule has 1 fully saturated rings. The van der Waals surface area contributed by atoms with E-state index in [0.29, 0.717) is 12.0 Å². The van der Waals surface area contributed by atoms with E-state index in [1.54, 1.807) is 0 Å². The summed E-state index contributed by atoms with van der Waals surface area (Å²) in [5.74, 6) is 0.714. The highest BCUT2D eigenvalue weighted by molar-refractivity contribution is 9.72. The second kappa shape index (κ2) is 8.97. The zero-order valence-electron chi connectivity index (χ0n) is 11.8. The molecule has 0 saturated heterocycles. The number of halogens is 4. The van der Waals surface area contributed by atoms with Crippen LogP contribution in [-0.2, 0) is 4.74 Å². The number of hydrogen-bond acceptors (Lipinski definition) is 1. The minimum Gasteiger partial charge on any atom is -0.378 e. The minimum atomic E-state index is -1.45. The summed E-state index contributed by atoms with van der Waals surface area (Å²) in [5, 5.41) is 0. The van der Waals surface area contributed by atoms with Crippen LogP contribution < -0.4 is 0 Å². The van der Waals surface area contributed by atoms with E-state index in [0.717, 1.165) is 23.5 Å². The third-order valence-corrected chi connectivity index (χ3v) is 8.99. The molecule has 0 amide bonds. The van der Waals surface area contributed by atoms with Crippen molar-refractivity contribution in [3.63, 3.8) is 0 Å². The molecule has 0 atom stereocenters. The highest BCUT2D eigenvalue weighted by atomic mass is 80.0. The van der Waals surface area contributed by atoms with Gasteiger partial charge in [-0.1, -0.05) is 73.9 Å². The van der Waals surface area contributed by atoms with Crippen LogP contribution in [0.5, 0.6) is 0 Å². The van der Waals surface area contributed by atoms with E-state index in [4.69, 9.17) is 4.74 Å². The maximum atomic E-state index is 6.03. The summed E-state index contributed by atoms with van der Waals surface area (Å²) >= 11 is 14.5. The Kier molecular flexibility index (Phi) is 7.97. The van der Waals surface area contributed by atoms with Gasteiger partial charge in [0, 0.05) is 11.1 Å². The first-order valence-corrected chi connectivity index (χ1v) is 17.1. The second-order valence-electron chi connectivity index (χ2n) is 5.61. The van der Waals surface area contributed by atoms with Gasteiger partial charge in [0.05, 0.1) is 6.10 Å². The first kappa shape index (κ1) is 18.7. The molecular formula is C15H20Br4OSi. The Hall–Kier alpha value is 1.32. The average molecular weight is 564 g/mol. The van der Waals surface area contributed by atoms with E-state index in [9.17, 15) is 0 Å². The van der Waals surface area contributed by atoms with Crippen LogP contribution >= 0.6 is 61.8 Å². The lowest BCUT2D eigenvalue weighted by molar-refractivity contribution is 0.0251. The van der Waals surface area contributed by atoms with E-state index in [1.807, 2.05) is 0 Å². The molecule has 1 aromatic carbocycles. The Balaban J connectivity index is 1.67. The van der Waals surface area contributed by atoms with Gasteiger partial charge < -0.3 is 4.74 Å². The predicted octanol–water partition coefficient (Wildman–Crippen LogP) is 7.01. The zero-order chi connectivity index (χ0) is 15.3. The molecule has 0 bridgehead atoms. The van der Waals surface area contributed by atoms with Gasteiger partial charge in [0.1, 0.15) is 0 Å². The summed E-state index contributed by atoms with van der Waals surface area (Å²) in [6, 6.07) is 9.94. The van der Waals surface area contributed by atoms with Gasteiger partial charge in [0.25, 0.3) is 3.93 Å². The Labute approximate surface area is 160 Å². The number of hydrogen-bond donors (Lipinski definition) is 0. The standard InChI is InChI=1S/C15H20Br4OSi/c16-14-6-2-12(3-7-14)13-4-8-15(9-5-13)20-10-1-11-21(17,18)19/h2-3,6-7,13,15H,1,4-5,8-11H2/t13-,15-. The van der Waals surface area contributed by atoms with Crippen molar-refractivity contribution in [3.8, 4) is 0 Å². The molecule has 1 aromatic rings. The number of benzene rings is 1. The molecule has 0 spiro atoms. The molecular weight excluding hydrogens is 544 g/mol. The van der Waals surface area contributed by atoms with Crippen LogP contribution in [0, 0.1) is 0 Å². The molecule has 0 aromatic heterocycles. The van der Waals surface area contributed by atoms with Gasteiger partial charge in [0.15, 0.2) is 0 Å². The van der Waals surface area contributed by atoms with E-state index in [2.05, 4.69) is 86.1 Å². The van der Waals surface area contributed by atoms with Gasteiger partial charge in [-0.05, 0) is 61.8 Å². The molecule has 2 rings (SSSR count). The second-order valence-corrected chi connectivity index (χ2v) is 30.0. The smallest absolute Gasteiger partial charge is 0.267 e. The van der Waals surface area contributed by atoms with Crippen LogP contribution in [0.3, 0.4) is 0 Å². The summed E-state index contributed by atoms with van der Waals surface area (Å²) < 4.78 is 5.74. The number of rotatable bonds is 6. The van der Waals surface area contributed by atoms with E-state index < -0.39 is 3.93 Å². The van der Waals surface area contributed by atoms with E-state index in [-0.39, 0.29) is 0 Å². The van der Waals surface area contributed by atoms with E-state index >= 15 is 0 Å². The third-order valence-electron chi connectivity index (χ3n) is 3.97. The van der Waals surface area contributed by atoms with Crippen LogP contribution in [-0.4, -0.2) is 16.6 Å². The quantitative estimate of drug-likeness (QED) is 0.206. The predicted molar refractivity (Wildman–Crippen MR) is 107 cm³/mol. The molecule has 0 radical (unpaired) electrons. The lowest BCUT2D eigenvalue weighted by atomic mass is 9.83. The largest absolute Gasteiger partial charge is 0.378 e. The number of ether oxygens (including phenoxy) is 1. The fourth-order valence-corrected chi connectivity index (χ4v) is 6.15. The SMILES string of the molecule is Brc1ccc([C@H]2CC[C@H](OCCC[Si](Br)(Br)Br)CC2)cc1.